The molecule has 2 aliphatic rings. The number of rotatable bonds is 7. The van der Waals surface area contributed by atoms with E-state index in [2.05, 4.69) is 25.1 Å². The van der Waals surface area contributed by atoms with Crippen molar-refractivity contribution in [3.05, 3.63) is 34.9 Å². The van der Waals surface area contributed by atoms with Gasteiger partial charge in [-0.2, -0.15) is 0 Å². The van der Waals surface area contributed by atoms with E-state index in [1.807, 2.05) is 0 Å². The van der Waals surface area contributed by atoms with E-state index in [1.165, 1.54) is 68.9 Å². The van der Waals surface area contributed by atoms with Crippen molar-refractivity contribution in [3.63, 3.8) is 0 Å². The van der Waals surface area contributed by atoms with Crippen LogP contribution in [0.1, 0.15) is 80.9 Å². The molecule has 128 valence electrons. The molecule has 0 amide bonds. The largest absolute Gasteiger partial charge is 0.378 e. The third-order valence-electron chi connectivity index (χ3n) is 5.71. The predicted octanol–water partition coefficient (Wildman–Crippen LogP) is 4.74. The van der Waals surface area contributed by atoms with Gasteiger partial charge in [-0.05, 0) is 67.6 Å². The van der Waals surface area contributed by atoms with Crippen LogP contribution in [0.15, 0.2) is 18.2 Å². The van der Waals surface area contributed by atoms with E-state index in [1.54, 1.807) is 5.56 Å². The lowest BCUT2D eigenvalue weighted by molar-refractivity contribution is 0.0417. The third kappa shape index (κ3) is 4.58. The monoisotopic (exact) mass is 315 g/mol. The lowest BCUT2D eigenvalue weighted by Gasteiger charge is -2.26. The Morgan fingerprint density at radius 1 is 1.09 bits per heavy atom. The molecule has 2 N–H and O–H groups in total. The maximum absolute atomic E-state index is 6.11. The first kappa shape index (κ1) is 17.0. The van der Waals surface area contributed by atoms with Crippen molar-refractivity contribution >= 4 is 0 Å². The van der Waals surface area contributed by atoms with Gasteiger partial charge in [0.05, 0.1) is 6.10 Å². The Hall–Kier alpha value is -0.860. The molecule has 2 heteroatoms. The second-order valence-corrected chi connectivity index (χ2v) is 7.59. The fraction of sp³-hybridized carbons (Fsp3) is 0.714. The minimum absolute atomic E-state index is 0.418. The summed E-state index contributed by atoms with van der Waals surface area (Å²) in [6.07, 6.45) is 12.7. The van der Waals surface area contributed by atoms with Crippen molar-refractivity contribution in [2.75, 3.05) is 6.61 Å². The maximum Gasteiger partial charge on any atom is 0.0618 e. The lowest BCUT2D eigenvalue weighted by Crippen LogP contribution is -2.23. The molecule has 0 spiro atoms. The highest BCUT2D eigenvalue weighted by atomic mass is 16.5. The van der Waals surface area contributed by atoms with E-state index >= 15 is 0 Å². The van der Waals surface area contributed by atoms with Crippen molar-refractivity contribution in [2.45, 2.75) is 89.2 Å². The Balaban J connectivity index is 1.51. The average molecular weight is 316 g/mol. The van der Waals surface area contributed by atoms with Gasteiger partial charge in [-0.1, -0.05) is 44.4 Å². The minimum atomic E-state index is 0.418. The minimum Gasteiger partial charge on any atom is -0.378 e. The number of unbranched alkanes of at least 4 members (excludes halogenated alkanes) is 3. The van der Waals surface area contributed by atoms with Crippen molar-refractivity contribution < 1.29 is 4.74 Å². The van der Waals surface area contributed by atoms with Crippen LogP contribution in [-0.2, 0) is 17.6 Å². The zero-order valence-corrected chi connectivity index (χ0v) is 14.7. The van der Waals surface area contributed by atoms with Gasteiger partial charge < -0.3 is 10.5 Å². The molecule has 3 unspecified atom stereocenters. The molecular weight excluding hydrogens is 282 g/mol. The van der Waals surface area contributed by atoms with Crippen molar-refractivity contribution in [2.24, 2.45) is 5.73 Å². The Morgan fingerprint density at radius 3 is 2.78 bits per heavy atom. The second kappa shape index (κ2) is 8.30. The topological polar surface area (TPSA) is 35.2 Å². The Labute approximate surface area is 141 Å². The SMILES string of the molecule is CCCCCCOC1CCc2cc(C3CCC(N)C3)ccc2C1. The lowest BCUT2D eigenvalue weighted by atomic mass is 9.86. The summed E-state index contributed by atoms with van der Waals surface area (Å²) >= 11 is 0. The van der Waals surface area contributed by atoms with Crippen LogP contribution in [0.5, 0.6) is 0 Å². The summed E-state index contributed by atoms with van der Waals surface area (Å²) in [7, 11) is 0. The summed E-state index contributed by atoms with van der Waals surface area (Å²) in [4.78, 5) is 0. The first-order valence-electron chi connectivity index (χ1n) is 9.75. The summed E-state index contributed by atoms with van der Waals surface area (Å²) in [5.41, 5.74) is 10.7. The van der Waals surface area contributed by atoms with Crippen molar-refractivity contribution in [3.8, 4) is 0 Å². The highest BCUT2D eigenvalue weighted by Crippen LogP contribution is 2.35. The number of nitrogens with two attached hydrogens (primary N) is 1. The van der Waals surface area contributed by atoms with E-state index in [4.69, 9.17) is 10.5 Å². The molecule has 1 aromatic rings. The van der Waals surface area contributed by atoms with Gasteiger partial charge >= 0.3 is 0 Å². The molecule has 0 bridgehead atoms. The number of fused-ring (bicyclic) bond motifs is 1. The van der Waals surface area contributed by atoms with Crippen molar-refractivity contribution in [1.29, 1.82) is 0 Å². The molecule has 23 heavy (non-hydrogen) atoms. The molecule has 0 radical (unpaired) electrons. The standard InChI is InChI=1S/C21H33NO/c1-2-3-4-5-12-23-21-11-9-17-13-16(6-7-19(17)15-21)18-8-10-20(22)14-18/h6-7,13,18,20-21H,2-5,8-12,14-15,22H2,1H3. The Kier molecular flexibility index (Phi) is 6.13. The van der Waals surface area contributed by atoms with Gasteiger partial charge in [-0.3, -0.25) is 0 Å². The van der Waals surface area contributed by atoms with Crippen LogP contribution in [-0.4, -0.2) is 18.8 Å². The van der Waals surface area contributed by atoms with E-state index in [0.29, 0.717) is 18.1 Å². The molecule has 0 heterocycles. The van der Waals surface area contributed by atoms with Crippen LogP contribution in [0.4, 0.5) is 0 Å². The molecule has 0 aromatic heterocycles. The van der Waals surface area contributed by atoms with Crippen LogP contribution in [0.3, 0.4) is 0 Å². The smallest absolute Gasteiger partial charge is 0.0618 e. The summed E-state index contributed by atoms with van der Waals surface area (Å²) < 4.78 is 6.11. The fourth-order valence-corrected chi connectivity index (χ4v) is 4.24. The van der Waals surface area contributed by atoms with Gasteiger partial charge in [0, 0.05) is 12.6 Å². The summed E-state index contributed by atoms with van der Waals surface area (Å²) in [6, 6.07) is 7.60. The van der Waals surface area contributed by atoms with Crippen LogP contribution < -0.4 is 5.73 Å². The summed E-state index contributed by atoms with van der Waals surface area (Å²) in [5.74, 6) is 0.697. The van der Waals surface area contributed by atoms with Gasteiger partial charge in [-0.15, -0.1) is 0 Å². The third-order valence-corrected chi connectivity index (χ3v) is 5.71. The Bertz CT molecular complexity index is 499. The molecule has 0 saturated heterocycles. The molecule has 1 saturated carbocycles. The molecule has 0 aliphatic heterocycles. The van der Waals surface area contributed by atoms with E-state index < -0.39 is 0 Å². The zero-order valence-electron chi connectivity index (χ0n) is 14.7. The zero-order chi connectivity index (χ0) is 16.1. The van der Waals surface area contributed by atoms with E-state index in [9.17, 15) is 0 Å². The highest BCUT2D eigenvalue weighted by Gasteiger charge is 2.25. The van der Waals surface area contributed by atoms with Crippen LogP contribution in [0.2, 0.25) is 0 Å². The number of hydrogen-bond donors (Lipinski definition) is 1. The first-order chi connectivity index (χ1) is 11.3. The number of hydrogen-bond acceptors (Lipinski definition) is 2. The highest BCUT2D eigenvalue weighted by molar-refractivity contribution is 5.36. The normalized spacial score (nSPS) is 27.1. The number of benzene rings is 1. The predicted molar refractivity (Wildman–Crippen MR) is 96.9 cm³/mol. The summed E-state index contributed by atoms with van der Waals surface area (Å²) in [5, 5.41) is 0. The van der Waals surface area contributed by atoms with Gasteiger partial charge in [0.15, 0.2) is 0 Å². The van der Waals surface area contributed by atoms with Crippen LogP contribution in [0.25, 0.3) is 0 Å². The fourth-order valence-electron chi connectivity index (χ4n) is 4.24. The second-order valence-electron chi connectivity index (χ2n) is 7.59. The van der Waals surface area contributed by atoms with E-state index in [-0.39, 0.29) is 0 Å². The van der Waals surface area contributed by atoms with Gasteiger partial charge in [0.25, 0.3) is 0 Å². The van der Waals surface area contributed by atoms with Gasteiger partial charge in [0.2, 0.25) is 0 Å². The quantitative estimate of drug-likeness (QED) is 0.738. The maximum atomic E-state index is 6.11. The van der Waals surface area contributed by atoms with Crippen molar-refractivity contribution in [1.82, 2.24) is 0 Å². The molecular formula is C21H33NO. The molecule has 3 atom stereocenters. The molecule has 1 fully saturated rings. The average Bonchev–Trinajstić information content (AvgIpc) is 3.00. The Morgan fingerprint density at radius 2 is 2.00 bits per heavy atom. The number of aryl methyl sites for hydroxylation is 1. The van der Waals surface area contributed by atoms with E-state index in [0.717, 1.165) is 13.0 Å². The number of ether oxygens (including phenoxy) is 1. The van der Waals surface area contributed by atoms with Crippen LogP contribution >= 0.6 is 0 Å². The summed E-state index contributed by atoms with van der Waals surface area (Å²) in [6.45, 7) is 3.20. The molecule has 2 aliphatic carbocycles. The van der Waals surface area contributed by atoms with Gasteiger partial charge in [0.1, 0.15) is 0 Å². The molecule has 1 aromatic carbocycles. The molecule has 2 nitrogen and oxygen atoms in total. The molecule has 3 rings (SSSR count). The van der Waals surface area contributed by atoms with Crippen LogP contribution in [0, 0.1) is 0 Å². The first-order valence-corrected chi connectivity index (χ1v) is 9.75. The van der Waals surface area contributed by atoms with Gasteiger partial charge in [-0.25, -0.2) is 0 Å².